The number of nitrogens with zero attached hydrogens (tertiary/aromatic N) is 1. The molecule has 0 aliphatic carbocycles. The number of amides is 1. The Morgan fingerprint density at radius 3 is 1.87 bits per heavy atom. The van der Waals surface area contributed by atoms with E-state index in [1.165, 1.54) is 0 Å². The second kappa shape index (κ2) is 13.1. The molecule has 0 spiro atoms. The van der Waals surface area contributed by atoms with E-state index in [1.54, 1.807) is 26.4 Å². The van der Waals surface area contributed by atoms with Gasteiger partial charge in [-0.3, -0.25) is 4.79 Å². The highest BCUT2D eigenvalue weighted by atomic mass is 35.5. The zero-order chi connectivity index (χ0) is 27.9. The molecular weight excluding hydrogens is 516 g/mol. The van der Waals surface area contributed by atoms with Crippen LogP contribution in [0.5, 0.6) is 23.0 Å². The fourth-order valence-electron chi connectivity index (χ4n) is 4.79. The summed E-state index contributed by atoms with van der Waals surface area (Å²) in [7, 11) is 5.38. The predicted molar refractivity (Wildman–Crippen MR) is 153 cm³/mol. The summed E-state index contributed by atoms with van der Waals surface area (Å²) in [6.45, 7) is 4.91. The van der Waals surface area contributed by atoms with Gasteiger partial charge in [-0.25, -0.2) is 0 Å². The molecule has 1 heterocycles. The molecule has 0 saturated carbocycles. The third kappa shape index (κ3) is 7.16. The van der Waals surface area contributed by atoms with E-state index in [4.69, 9.17) is 30.5 Å². The van der Waals surface area contributed by atoms with Crippen LogP contribution < -0.4 is 24.3 Å². The first-order valence-corrected chi connectivity index (χ1v) is 13.5. The molecule has 4 rings (SSSR count). The molecule has 1 aliphatic rings. The van der Waals surface area contributed by atoms with Gasteiger partial charge >= 0.3 is 0 Å². The van der Waals surface area contributed by atoms with Crippen LogP contribution in [0.15, 0.2) is 60.7 Å². The van der Waals surface area contributed by atoms with Crippen LogP contribution in [0.4, 0.5) is 0 Å². The highest BCUT2D eigenvalue weighted by Crippen LogP contribution is 2.39. The Hall–Kier alpha value is -3.42. The van der Waals surface area contributed by atoms with Crippen molar-refractivity contribution in [1.82, 2.24) is 10.2 Å². The number of benzene rings is 3. The summed E-state index contributed by atoms with van der Waals surface area (Å²) in [5.41, 5.74) is 2.25. The number of likely N-dealkylation sites (tertiary alicyclic amines) is 1. The summed E-state index contributed by atoms with van der Waals surface area (Å²) >= 11 is 6.83. The van der Waals surface area contributed by atoms with Crippen molar-refractivity contribution in [3.05, 3.63) is 82.4 Å². The van der Waals surface area contributed by atoms with Gasteiger partial charge in [0, 0.05) is 18.1 Å². The second-order valence-corrected chi connectivity index (χ2v) is 10.4. The molecule has 3 atom stereocenters. The number of carbonyl (C=O) groups excluding carboxylic acids is 1. The third-order valence-corrected chi connectivity index (χ3v) is 7.75. The maximum atomic E-state index is 13.3. The Balaban J connectivity index is 1.54. The van der Waals surface area contributed by atoms with Crippen LogP contribution in [0.1, 0.15) is 48.2 Å². The zero-order valence-corrected chi connectivity index (χ0v) is 24.0. The van der Waals surface area contributed by atoms with Crippen molar-refractivity contribution in [2.45, 2.75) is 58.0 Å². The topological polar surface area (TPSA) is 69.3 Å². The molecule has 1 saturated heterocycles. The van der Waals surface area contributed by atoms with E-state index in [0.717, 1.165) is 35.5 Å². The van der Waals surface area contributed by atoms with E-state index in [-0.39, 0.29) is 23.6 Å². The van der Waals surface area contributed by atoms with Crippen molar-refractivity contribution in [3.8, 4) is 23.0 Å². The molecule has 1 fully saturated rings. The number of carbonyl (C=O) groups is 1. The van der Waals surface area contributed by atoms with Gasteiger partial charge in [0.25, 0.3) is 5.91 Å². The Bertz CT molecular complexity index is 1240. The van der Waals surface area contributed by atoms with E-state index in [1.807, 2.05) is 48.5 Å². The fraction of sp³-hybridized carbons (Fsp3) is 0.387. The van der Waals surface area contributed by atoms with E-state index in [9.17, 15) is 4.79 Å². The summed E-state index contributed by atoms with van der Waals surface area (Å²) in [6.07, 6.45) is 1.77. The third-order valence-electron chi connectivity index (χ3n) is 7.38. The van der Waals surface area contributed by atoms with Gasteiger partial charge in [-0.1, -0.05) is 35.9 Å². The highest BCUT2D eigenvalue weighted by molar-refractivity contribution is 6.35. The number of halogens is 1. The number of piperidine rings is 1. The Morgan fingerprint density at radius 1 is 0.846 bits per heavy atom. The smallest absolute Gasteiger partial charge is 0.253 e. The largest absolute Gasteiger partial charge is 0.497 e. The van der Waals surface area contributed by atoms with Crippen molar-refractivity contribution >= 4 is 17.5 Å². The number of ether oxygens (including phenoxy) is 4. The van der Waals surface area contributed by atoms with E-state index >= 15 is 0 Å². The number of rotatable bonds is 10. The van der Waals surface area contributed by atoms with Crippen molar-refractivity contribution in [3.63, 3.8) is 0 Å². The Labute approximate surface area is 236 Å². The first kappa shape index (κ1) is 28.6. The molecular formula is C31H37ClN2O5. The quantitative estimate of drug-likeness (QED) is 0.327. The van der Waals surface area contributed by atoms with E-state index in [0.29, 0.717) is 35.8 Å². The molecule has 1 N–H and O–H groups in total. The summed E-state index contributed by atoms with van der Waals surface area (Å²) in [6, 6.07) is 19.5. The van der Waals surface area contributed by atoms with Gasteiger partial charge in [-0.05, 0) is 81.3 Å². The molecule has 3 aromatic carbocycles. The standard InChI is InChI=1S/C31H37ClN2O5/c1-20-16-24(17-21(2)34(20)3)33-31(35)27-14-15-28(38-18-22-6-10-25(36-4)11-7-22)30(29(27)32)39-19-23-8-12-26(37-5)13-9-23/h6-15,20-21,24H,16-19H2,1-5H3,(H,33,35)/t20-,21+,24-. The van der Waals surface area contributed by atoms with Crippen molar-refractivity contribution < 1.29 is 23.7 Å². The van der Waals surface area contributed by atoms with Crippen LogP contribution in [0.25, 0.3) is 0 Å². The van der Waals surface area contributed by atoms with Gasteiger partial charge in [-0.2, -0.15) is 0 Å². The van der Waals surface area contributed by atoms with Gasteiger partial charge in [0.2, 0.25) is 0 Å². The van der Waals surface area contributed by atoms with Gasteiger partial charge in [-0.15, -0.1) is 0 Å². The maximum Gasteiger partial charge on any atom is 0.253 e. The van der Waals surface area contributed by atoms with Gasteiger partial charge < -0.3 is 29.2 Å². The first-order chi connectivity index (χ1) is 18.8. The van der Waals surface area contributed by atoms with Crippen molar-refractivity contribution in [1.29, 1.82) is 0 Å². The molecule has 0 bridgehead atoms. The lowest BCUT2D eigenvalue weighted by Crippen LogP contribution is -2.51. The Morgan fingerprint density at radius 2 is 1.36 bits per heavy atom. The molecule has 39 heavy (non-hydrogen) atoms. The molecule has 1 aliphatic heterocycles. The second-order valence-electron chi connectivity index (χ2n) is 10.0. The fourth-order valence-corrected chi connectivity index (χ4v) is 5.09. The summed E-state index contributed by atoms with van der Waals surface area (Å²) in [4.78, 5) is 15.7. The van der Waals surface area contributed by atoms with Crippen LogP contribution in [-0.2, 0) is 13.2 Å². The number of methoxy groups -OCH3 is 2. The van der Waals surface area contributed by atoms with E-state index in [2.05, 4.69) is 31.1 Å². The molecule has 0 unspecified atom stereocenters. The molecule has 0 aromatic heterocycles. The molecule has 208 valence electrons. The predicted octanol–water partition coefficient (Wildman–Crippen LogP) is 6.12. The average Bonchev–Trinajstić information content (AvgIpc) is 2.94. The SMILES string of the molecule is COc1ccc(COc2ccc(C(=O)N[C@@H]3C[C@@H](C)N(C)[C@@H](C)C3)c(Cl)c2OCc2ccc(OC)cc2)cc1. The summed E-state index contributed by atoms with van der Waals surface area (Å²) in [5.74, 6) is 2.11. The number of hydrogen-bond donors (Lipinski definition) is 1. The van der Waals surface area contributed by atoms with Gasteiger partial charge in [0.05, 0.1) is 24.8 Å². The van der Waals surface area contributed by atoms with Crippen LogP contribution >= 0.6 is 11.6 Å². The van der Waals surface area contributed by atoms with Crippen LogP contribution in [0.3, 0.4) is 0 Å². The normalized spacial score (nSPS) is 19.3. The maximum absolute atomic E-state index is 13.3. The zero-order valence-electron chi connectivity index (χ0n) is 23.2. The number of nitrogens with one attached hydrogen (secondary N) is 1. The number of hydrogen-bond acceptors (Lipinski definition) is 6. The van der Waals surface area contributed by atoms with Crippen molar-refractivity contribution in [2.75, 3.05) is 21.3 Å². The van der Waals surface area contributed by atoms with Gasteiger partial charge in [0.1, 0.15) is 24.7 Å². The lowest BCUT2D eigenvalue weighted by Gasteiger charge is -2.40. The van der Waals surface area contributed by atoms with Crippen molar-refractivity contribution in [2.24, 2.45) is 0 Å². The van der Waals surface area contributed by atoms with Crippen LogP contribution in [-0.4, -0.2) is 50.2 Å². The summed E-state index contributed by atoms with van der Waals surface area (Å²) in [5, 5.41) is 3.41. The first-order valence-electron chi connectivity index (χ1n) is 13.2. The lowest BCUT2D eigenvalue weighted by atomic mass is 9.93. The molecule has 1 amide bonds. The minimum Gasteiger partial charge on any atom is -0.497 e. The summed E-state index contributed by atoms with van der Waals surface area (Å²) < 4.78 is 22.8. The van der Waals surface area contributed by atoms with Crippen LogP contribution in [0.2, 0.25) is 5.02 Å². The minimum absolute atomic E-state index is 0.0735. The molecule has 3 aromatic rings. The van der Waals surface area contributed by atoms with Crippen LogP contribution in [0, 0.1) is 0 Å². The Kier molecular flexibility index (Phi) is 9.59. The monoisotopic (exact) mass is 552 g/mol. The van der Waals surface area contributed by atoms with Gasteiger partial charge in [0.15, 0.2) is 11.5 Å². The molecule has 7 nitrogen and oxygen atoms in total. The lowest BCUT2D eigenvalue weighted by molar-refractivity contribution is 0.0830. The molecule has 8 heteroatoms. The molecule has 0 radical (unpaired) electrons. The average molecular weight is 553 g/mol. The highest BCUT2D eigenvalue weighted by Gasteiger charge is 2.30. The minimum atomic E-state index is -0.218. The van der Waals surface area contributed by atoms with E-state index < -0.39 is 0 Å².